The first kappa shape index (κ1) is 25.1. The molecule has 12 nitrogen and oxygen atoms in total. The van der Waals surface area contributed by atoms with Gasteiger partial charge in [0.15, 0.2) is 5.69 Å². The minimum atomic E-state index is -0.505. The number of rotatable bonds is 7. The number of carbonyl (C=O) groups is 2. The van der Waals surface area contributed by atoms with E-state index in [-0.39, 0.29) is 23.4 Å². The molecule has 2 heterocycles. The summed E-state index contributed by atoms with van der Waals surface area (Å²) in [6, 6.07) is 5.99. The van der Waals surface area contributed by atoms with E-state index in [1.165, 1.54) is 16.8 Å². The topological polar surface area (TPSA) is 136 Å². The van der Waals surface area contributed by atoms with Gasteiger partial charge in [0.2, 0.25) is 0 Å². The zero-order valence-corrected chi connectivity index (χ0v) is 20.0. The van der Waals surface area contributed by atoms with Crippen LogP contribution in [0.5, 0.6) is 0 Å². The molecule has 1 aliphatic rings. The van der Waals surface area contributed by atoms with Crippen molar-refractivity contribution < 1.29 is 19.2 Å². The van der Waals surface area contributed by atoms with Gasteiger partial charge in [0, 0.05) is 44.9 Å². The van der Waals surface area contributed by atoms with Gasteiger partial charge in [0.05, 0.1) is 16.3 Å². The average molecular weight is 474 g/mol. The summed E-state index contributed by atoms with van der Waals surface area (Å²) in [6.07, 6.45) is 0.462. The van der Waals surface area contributed by atoms with Gasteiger partial charge in [-0.2, -0.15) is 0 Å². The largest absolute Gasteiger partial charge is 0.444 e. The molecular weight excluding hydrogens is 442 g/mol. The highest BCUT2D eigenvalue weighted by atomic mass is 16.6. The Bertz CT molecular complexity index is 1040. The summed E-state index contributed by atoms with van der Waals surface area (Å²) >= 11 is 0. The molecule has 1 fully saturated rings. The first-order valence-electron chi connectivity index (χ1n) is 11.2. The van der Waals surface area contributed by atoms with Crippen LogP contribution in [0.2, 0.25) is 0 Å². The predicted molar refractivity (Wildman–Crippen MR) is 124 cm³/mol. The minimum Gasteiger partial charge on any atom is -0.444 e. The molecule has 0 radical (unpaired) electrons. The van der Waals surface area contributed by atoms with Gasteiger partial charge in [-0.05, 0) is 46.7 Å². The molecule has 0 unspecified atom stereocenters. The van der Waals surface area contributed by atoms with Crippen molar-refractivity contribution in [2.24, 2.45) is 0 Å². The van der Waals surface area contributed by atoms with E-state index in [1.54, 1.807) is 24.0 Å². The summed E-state index contributed by atoms with van der Waals surface area (Å²) in [5, 5.41) is 21.8. The van der Waals surface area contributed by atoms with E-state index in [9.17, 15) is 19.7 Å². The van der Waals surface area contributed by atoms with Crippen molar-refractivity contribution in [1.82, 2.24) is 30.1 Å². The molecule has 0 bridgehead atoms. The Morgan fingerprint density at radius 1 is 1.21 bits per heavy atom. The molecule has 1 N–H and O–H groups in total. The Morgan fingerprint density at radius 2 is 1.91 bits per heavy atom. The summed E-state index contributed by atoms with van der Waals surface area (Å²) < 4.78 is 6.82. The first-order valence-corrected chi connectivity index (χ1v) is 11.2. The molecule has 34 heavy (non-hydrogen) atoms. The molecule has 1 aliphatic heterocycles. The zero-order chi connectivity index (χ0) is 24.9. The third-order valence-electron chi connectivity index (χ3n) is 5.36. The lowest BCUT2D eigenvalue weighted by atomic mass is 10.2. The molecule has 0 spiro atoms. The summed E-state index contributed by atoms with van der Waals surface area (Å²) in [5.41, 5.74) is 0.567. The van der Waals surface area contributed by atoms with Gasteiger partial charge in [-0.1, -0.05) is 11.3 Å². The van der Waals surface area contributed by atoms with Crippen LogP contribution in [0.15, 0.2) is 24.3 Å². The molecular formula is C22H31N7O5. The summed E-state index contributed by atoms with van der Waals surface area (Å²) in [5.74, 6) is -0.344. The van der Waals surface area contributed by atoms with Gasteiger partial charge in [-0.3, -0.25) is 19.8 Å². The van der Waals surface area contributed by atoms with Crippen LogP contribution in [0, 0.1) is 17.0 Å². The van der Waals surface area contributed by atoms with Crippen LogP contribution >= 0.6 is 0 Å². The molecule has 3 rings (SSSR count). The number of hydrogen-bond donors (Lipinski definition) is 1. The number of amides is 2. The number of ether oxygens (including phenoxy) is 1. The fourth-order valence-corrected chi connectivity index (χ4v) is 3.59. The Morgan fingerprint density at radius 3 is 2.56 bits per heavy atom. The number of nitrogens with one attached hydrogen (secondary N) is 1. The lowest BCUT2D eigenvalue weighted by Gasteiger charge is -2.35. The minimum absolute atomic E-state index is 0.0645. The van der Waals surface area contributed by atoms with Crippen LogP contribution in [-0.2, 0) is 4.74 Å². The molecule has 12 heteroatoms. The van der Waals surface area contributed by atoms with Crippen LogP contribution in [0.3, 0.4) is 0 Å². The van der Waals surface area contributed by atoms with Crippen molar-refractivity contribution in [1.29, 1.82) is 0 Å². The van der Waals surface area contributed by atoms with Crippen LogP contribution < -0.4 is 5.32 Å². The Hall–Kier alpha value is -3.54. The van der Waals surface area contributed by atoms with Crippen molar-refractivity contribution in [3.63, 3.8) is 0 Å². The molecule has 0 aliphatic carbocycles. The fourth-order valence-electron chi connectivity index (χ4n) is 3.59. The monoisotopic (exact) mass is 473 g/mol. The van der Waals surface area contributed by atoms with Crippen LogP contribution in [0.25, 0.3) is 5.69 Å². The van der Waals surface area contributed by atoms with Crippen molar-refractivity contribution in [2.75, 3.05) is 39.3 Å². The standard InChI is InChI=1S/C22H31N7O5/c1-16-19(24-25-28(16)17-7-5-8-18(15-17)29(32)33)20(30)23-9-6-10-26-11-13-27(14-12-26)21(31)34-22(2,3)4/h5,7-8,15H,6,9-14H2,1-4H3,(H,23,30). The van der Waals surface area contributed by atoms with E-state index < -0.39 is 10.5 Å². The number of non-ortho nitro benzene ring substituents is 1. The Kier molecular flexibility index (Phi) is 7.82. The van der Waals surface area contributed by atoms with Gasteiger partial charge < -0.3 is 15.0 Å². The average Bonchev–Trinajstić information content (AvgIpc) is 3.17. The smallest absolute Gasteiger partial charge is 0.410 e. The van der Waals surface area contributed by atoms with Crippen LogP contribution in [0.1, 0.15) is 43.4 Å². The second-order valence-electron chi connectivity index (χ2n) is 9.13. The summed E-state index contributed by atoms with van der Waals surface area (Å²) in [4.78, 5) is 39.2. The molecule has 2 aromatic rings. The highest BCUT2D eigenvalue weighted by molar-refractivity contribution is 5.93. The Labute approximate surface area is 198 Å². The number of nitro benzene ring substituents is 1. The van der Waals surface area contributed by atoms with E-state index in [4.69, 9.17) is 4.74 Å². The SMILES string of the molecule is Cc1c(C(=O)NCCCN2CCN(C(=O)OC(C)(C)C)CC2)nnn1-c1cccc([N+](=O)[O-])c1. The number of benzene rings is 1. The fraction of sp³-hybridized carbons (Fsp3) is 0.545. The number of nitrogens with zero attached hydrogens (tertiary/aromatic N) is 6. The normalized spacial score (nSPS) is 14.6. The van der Waals surface area contributed by atoms with Gasteiger partial charge in [0.1, 0.15) is 5.60 Å². The molecule has 0 saturated carbocycles. The van der Waals surface area contributed by atoms with Crippen LogP contribution in [0.4, 0.5) is 10.5 Å². The maximum absolute atomic E-state index is 12.6. The number of carbonyl (C=O) groups excluding carboxylic acids is 2. The third kappa shape index (κ3) is 6.50. The van der Waals surface area contributed by atoms with Crippen molar-refractivity contribution >= 4 is 17.7 Å². The van der Waals surface area contributed by atoms with Crippen molar-refractivity contribution in [3.05, 3.63) is 45.8 Å². The second kappa shape index (κ2) is 10.6. The van der Waals surface area contributed by atoms with Crippen molar-refractivity contribution in [3.8, 4) is 5.69 Å². The van der Waals surface area contributed by atoms with E-state index in [2.05, 4.69) is 20.5 Å². The molecule has 1 aromatic heterocycles. The molecule has 184 valence electrons. The van der Waals surface area contributed by atoms with Crippen LogP contribution in [-0.4, -0.2) is 86.6 Å². The zero-order valence-electron chi connectivity index (χ0n) is 20.0. The van der Waals surface area contributed by atoms with E-state index in [0.717, 1.165) is 26.1 Å². The van der Waals surface area contributed by atoms with E-state index in [0.29, 0.717) is 31.0 Å². The third-order valence-corrected chi connectivity index (χ3v) is 5.36. The second-order valence-corrected chi connectivity index (χ2v) is 9.13. The quantitative estimate of drug-likeness (QED) is 0.367. The first-order chi connectivity index (χ1) is 16.0. The van der Waals surface area contributed by atoms with Gasteiger partial charge in [-0.25, -0.2) is 9.48 Å². The summed E-state index contributed by atoms with van der Waals surface area (Å²) in [6.45, 7) is 11.2. The Balaban J connectivity index is 1.44. The maximum Gasteiger partial charge on any atom is 0.410 e. The lowest BCUT2D eigenvalue weighted by molar-refractivity contribution is -0.384. The maximum atomic E-state index is 12.6. The number of nitro groups is 1. The number of piperazine rings is 1. The highest BCUT2D eigenvalue weighted by Gasteiger charge is 2.25. The van der Waals surface area contributed by atoms with Gasteiger partial charge >= 0.3 is 6.09 Å². The lowest BCUT2D eigenvalue weighted by Crippen LogP contribution is -2.50. The molecule has 1 saturated heterocycles. The molecule has 0 atom stereocenters. The van der Waals surface area contributed by atoms with E-state index >= 15 is 0 Å². The van der Waals surface area contributed by atoms with Crippen molar-refractivity contribution in [2.45, 2.75) is 39.7 Å². The highest BCUT2D eigenvalue weighted by Crippen LogP contribution is 2.18. The summed E-state index contributed by atoms with van der Waals surface area (Å²) in [7, 11) is 0. The number of aromatic nitrogens is 3. The molecule has 1 aromatic carbocycles. The van der Waals surface area contributed by atoms with Gasteiger partial charge in [-0.15, -0.1) is 5.10 Å². The number of hydrogen-bond acceptors (Lipinski definition) is 8. The predicted octanol–water partition coefficient (Wildman–Crippen LogP) is 2.16. The molecule has 2 amide bonds. The van der Waals surface area contributed by atoms with E-state index in [1.807, 2.05) is 20.8 Å². The van der Waals surface area contributed by atoms with Gasteiger partial charge in [0.25, 0.3) is 11.6 Å².